The molecule has 0 aromatic carbocycles. The number of aliphatic hydroxyl groups is 4. The van der Waals surface area contributed by atoms with Crippen LogP contribution in [-0.2, 0) is 4.79 Å². The molecule has 1 aliphatic carbocycles. The van der Waals surface area contributed by atoms with Gasteiger partial charge in [-0.25, -0.2) is 0 Å². The zero-order valence-corrected chi connectivity index (χ0v) is 17.2. The predicted octanol–water partition coefficient (Wildman–Crippen LogP) is 2.07. The third-order valence-electron chi connectivity index (χ3n) is 5.36. The van der Waals surface area contributed by atoms with E-state index < -0.39 is 18.3 Å². The Morgan fingerprint density at radius 2 is 1.96 bits per heavy atom. The second-order valence-corrected chi connectivity index (χ2v) is 7.73. The van der Waals surface area contributed by atoms with Crippen LogP contribution < -0.4 is 5.32 Å². The van der Waals surface area contributed by atoms with Crippen LogP contribution in [-0.4, -0.2) is 57.8 Å². The first-order chi connectivity index (χ1) is 13.5. The number of unbranched alkanes of at least 4 members (excludes halogenated alkanes) is 3. The number of hydrogen-bond donors (Lipinski definition) is 5. The summed E-state index contributed by atoms with van der Waals surface area (Å²) in [6.45, 7) is 2.37. The summed E-state index contributed by atoms with van der Waals surface area (Å²) in [6, 6.07) is 0. The van der Waals surface area contributed by atoms with Crippen LogP contribution in [0.15, 0.2) is 24.3 Å². The molecule has 28 heavy (non-hydrogen) atoms. The number of carbonyl (C=O) groups is 1. The Morgan fingerprint density at radius 3 is 2.68 bits per heavy atom. The fourth-order valence-corrected chi connectivity index (χ4v) is 3.70. The SMILES string of the molecule is CCCCC[C@H](O)C=C[C@@H]1[C@@H](CC=CCCCC(=O)NCCO)[C@@H](O)C[C@H]1O. The lowest BCUT2D eigenvalue weighted by Gasteiger charge is -2.19. The Bertz CT molecular complexity index is 480. The van der Waals surface area contributed by atoms with Gasteiger partial charge in [-0.15, -0.1) is 0 Å². The van der Waals surface area contributed by atoms with E-state index in [0.29, 0.717) is 25.8 Å². The molecule has 1 amide bonds. The van der Waals surface area contributed by atoms with Crippen molar-refractivity contribution in [3.05, 3.63) is 24.3 Å². The highest BCUT2D eigenvalue weighted by Crippen LogP contribution is 2.36. The Kier molecular flexibility index (Phi) is 13.1. The molecule has 0 heterocycles. The van der Waals surface area contributed by atoms with Gasteiger partial charge in [0, 0.05) is 25.3 Å². The van der Waals surface area contributed by atoms with Crippen molar-refractivity contribution in [2.24, 2.45) is 11.8 Å². The standard InChI is InChI=1S/C22H39NO5/c1-2-3-6-9-17(25)12-13-19-18(20(26)16-21(19)27)10-7-4-5-8-11-22(28)23-14-15-24/h4,7,12-13,17-21,24-27H,2-3,5-6,8-11,14-16H2,1H3,(H,23,28)/t17-,18+,19+,20-,21+/m0/s1. The third-order valence-corrected chi connectivity index (χ3v) is 5.36. The van der Waals surface area contributed by atoms with Gasteiger partial charge in [0.05, 0.1) is 24.9 Å². The normalized spacial score (nSPS) is 26.3. The van der Waals surface area contributed by atoms with Crippen LogP contribution in [0.2, 0.25) is 0 Å². The molecule has 1 aliphatic rings. The van der Waals surface area contributed by atoms with Crippen molar-refractivity contribution in [3.63, 3.8) is 0 Å². The molecular formula is C22H39NO5. The van der Waals surface area contributed by atoms with Gasteiger partial charge in [0.25, 0.3) is 0 Å². The highest BCUT2D eigenvalue weighted by Gasteiger charge is 2.39. The lowest BCUT2D eigenvalue weighted by molar-refractivity contribution is -0.121. The molecular weight excluding hydrogens is 358 g/mol. The van der Waals surface area contributed by atoms with E-state index in [1.807, 2.05) is 18.2 Å². The van der Waals surface area contributed by atoms with E-state index >= 15 is 0 Å². The maximum Gasteiger partial charge on any atom is 0.220 e. The lowest BCUT2D eigenvalue weighted by atomic mass is 9.89. The maximum atomic E-state index is 11.4. The molecule has 0 saturated heterocycles. The number of hydrogen-bond acceptors (Lipinski definition) is 5. The Morgan fingerprint density at radius 1 is 1.18 bits per heavy atom. The molecule has 0 aromatic heterocycles. The average molecular weight is 398 g/mol. The highest BCUT2D eigenvalue weighted by molar-refractivity contribution is 5.75. The minimum atomic E-state index is -0.581. The zero-order chi connectivity index (χ0) is 20.8. The summed E-state index contributed by atoms with van der Waals surface area (Å²) in [5, 5.41) is 41.8. The minimum absolute atomic E-state index is 0.0490. The molecule has 5 atom stereocenters. The van der Waals surface area contributed by atoms with Crippen LogP contribution in [0.3, 0.4) is 0 Å². The Labute approximate surface area is 169 Å². The molecule has 1 fully saturated rings. The van der Waals surface area contributed by atoms with Gasteiger partial charge < -0.3 is 25.7 Å². The number of rotatable bonds is 14. The van der Waals surface area contributed by atoms with E-state index in [2.05, 4.69) is 12.2 Å². The van der Waals surface area contributed by atoms with Crippen molar-refractivity contribution in [1.82, 2.24) is 5.32 Å². The van der Waals surface area contributed by atoms with Crippen LogP contribution in [0.4, 0.5) is 0 Å². The number of nitrogens with one attached hydrogen (secondary N) is 1. The van der Waals surface area contributed by atoms with Crippen LogP contribution in [0.5, 0.6) is 0 Å². The topological polar surface area (TPSA) is 110 Å². The lowest BCUT2D eigenvalue weighted by Crippen LogP contribution is -2.25. The molecule has 6 heteroatoms. The first kappa shape index (κ1) is 24.8. The van der Waals surface area contributed by atoms with Gasteiger partial charge in [0.15, 0.2) is 0 Å². The summed E-state index contributed by atoms with van der Waals surface area (Å²) >= 11 is 0. The van der Waals surface area contributed by atoms with E-state index in [9.17, 15) is 20.1 Å². The van der Waals surface area contributed by atoms with E-state index in [1.54, 1.807) is 6.08 Å². The molecule has 0 bridgehead atoms. The number of allylic oxidation sites excluding steroid dienone is 2. The molecule has 1 saturated carbocycles. The summed E-state index contributed by atoms with van der Waals surface area (Å²) < 4.78 is 0. The summed E-state index contributed by atoms with van der Waals surface area (Å²) in [5.74, 6) is -0.262. The van der Waals surface area contributed by atoms with Crippen molar-refractivity contribution in [2.75, 3.05) is 13.2 Å². The zero-order valence-electron chi connectivity index (χ0n) is 17.2. The first-order valence-electron chi connectivity index (χ1n) is 10.7. The molecule has 0 unspecified atom stereocenters. The summed E-state index contributed by atoms with van der Waals surface area (Å²) in [6.07, 6.45) is 12.9. The van der Waals surface area contributed by atoms with E-state index in [4.69, 9.17) is 5.11 Å². The molecule has 5 N–H and O–H groups in total. The van der Waals surface area contributed by atoms with Gasteiger partial charge in [-0.1, -0.05) is 50.5 Å². The van der Waals surface area contributed by atoms with Gasteiger partial charge >= 0.3 is 0 Å². The monoisotopic (exact) mass is 397 g/mol. The first-order valence-corrected chi connectivity index (χ1v) is 10.7. The summed E-state index contributed by atoms with van der Waals surface area (Å²) in [5.41, 5.74) is 0. The smallest absolute Gasteiger partial charge is 0.220 e. The molecule has 0 aliphatic heterocycles. The van der Waals surface area contributed by atoms with Crippen LogP contribution >= 0.6 is 0 Å². The van der Waals surface area contributed by atoms with Crippen molar-refractivity contribution in [1.29, 1.82) is 0 Å². The van der Waals surface area contributed by atoms with Gasteiger partial charge in [-0.2, -0.15) is 0 Å². The predicted molar refractivity (Wildman–Crippen MR) is 111 cm³/mol. The van der Waals surface area contributed by atoms with E-state index in [-0.39, 0.29) is 24.3 Å². The fourth-order valence-electron chi connectivity index (χ4n) is 3.70. The highest BCUT2D eigenvalue weighted by atomic mass is 16.3. The number of aliphatic hydroxyl groups excluding tert-OH is 4. The molecule has 1 rings (SSSR count). The van der Waals surface area contributed by atoms with Crippen molar-refractivity contribution in [3.8, 4) is 0 Å². The summed E-state index contributed by atoms with van der Waals surface area (Å²) in [7, 11) is 0. The van der Waals surface area contributed by atoms with E-state index in [1.165, 1.54) is 0 Å². The van der Waals surface area contributed by atoms with Crippen molar-refractivity contribution < 1.29 is 25.2 Å². The minimum Gasteiger partial charge on any atom is -0.395 e. The molecule has 162 valence electrons. The van der Waals surface area contributed by atoms with Crippen LogP contribution in [0, 0.1) is 11.8 Å². The van der Waals surface area contributed by atoms with E-state index in [0.717, 1.165) is 38.5 Å². The quantitative estimate of drug-likeness (QED) is 0.228. The maximum absolute atomic E-state index is 11.4. The molecule has 0 aromatic rings. The number of carbonyl (C=O) groups excluding carboxylic acids is 1. The summed E-state index contributed by atoms with van der Waals surface area (Å²) in [4.78, 5) is 11.4. The third kappa shape index (κ3) is 9.82. The fraction of sp³-hybridized carbons (Fsp3) is 0.773. The molecule has 6 nitrogen and oxygen atoms in total. The molecule has 0 spiro atoms. The van der Waals surface area contributed by atoms with Crippen LogP contribution in [0.25, 0.3) is 0 Å². The van der Waals surface area contributed by atoms with Gasteiger partial charge in [-0.3, -0.25) is 4.79 Å². The second-order valence-electron chi connectivity index (χ2n) is 7.73. The Balaban J connectivity index is 2.39. The Hall–Kier alpha value is -1.21. The average Bonchev–Trinajstić information content (AvgIpc) is 2.94. The van der Waals surface area contributed by atoms with Gasteiger partial charge in [-0.05, 0) is 31.6 Å². The van der Waals surface area contributed by atoms with Gasteiger partial charge in [0.1, 0.15) is 0 Å². The van der Waals surface area contributed by atoms with Crippen LogP contribution in [0.1, 0.15) is 64.7 Å². The van der Waals surface area contributed by atoms with Crippen molar-refractivity contribution in [2.45, 2.75) is 83.0 Å². The molecule has 0 radical (unpaired) electrons. The number of amides is 1. The van der Waals surface area contributed by atoms with Crippen molar-refractivity contribution >= 4 is 5.91 Å². The second kappa shape index (κ2) is 14.7. The van der Waals surface area contributed by atoms with Gasteiger partial charge in [0.2, 0.25) is 5.91 Å². The largest absolute Gasteiger partial charge is 0.395 e.